The van der Waals surface area contributed by atoms with Crippen molar-refractivity contribution in [2.24, 2.45) is 0 Å². The van der Waals surface area contributed by atoms with Crippen molar-refractivity contribution >= 4 is 21.7 Å². The van der Waals surface area contributed by atoms with Gasteiger partial charge < -0.3 is 15.5 Å². The minimum absolute atomic E-state index is 0.0407. The standard InChI is InChI=1S/C11H19N3O4S/c15-10(11(16)14-5-3-12-4-6-14)13-8-9-2-1-7-19(9,17)18/h9,12H,1-8H2,(H,13,15). The van der Waals surface area contributed by atoms with E-state index in [1.807, 2.05) is 0 Å². The van der Waals surface area contributed by atoms with E-state index in [-0.39, 0.29) is 12.3 Å². The molecule has 19 heavy (non-hydrogen) atoms. The highest BCUT2D eigenvalue weighted by Gasteiger charge is 2.32. The molecule has 2 rings (SSSR count). The van der Waals surface area contributed by atoms with Crippen molar-refractivity contribution in [2.45, 2.75) is 18.1 Å². The second-order valence-corrected chi connectivity index (χ2v) is 7.28. The number of carbonyl (C=O) groups excluding carboxylic acids is 2. The van der Waals surface area contributed by atoms with E-state index in [1.165, 1.54) is 4.90 Å². The van der Waals surface area contributed by atoms with Gasteiger partial charge in [-0.25, -0.2) is 8.42 Å². The Morgan fingerprint density at radius 1 is 1.26 bits per heavy atom. The molecule has 0 aromatic rings. The van der Waals surface area contributed by atoms with Crippen LogP contribution in [0, 0.1) is 0 Å². The minimum Gasteiger partial charge on any atom is -0.347 e. The molecule has 0 saturated carbocycles. The molecular weight excluding hydrogens is 270 g/mol. The number of nitrogens with zero attached hydrogens (tertiary/aromatic N) is 1. The van der Waals surface area contributed by atoms with E-state index >= 15 is 0 Å². The summed E-state index contributed by atoms with van der Waals surface area (Å²) in [5.74, 6) is -1.10. The fraction of sp³-hybridized carbons (Fsp3) is 0.818. The van der Waals surface area contributed by atoms with Crippen LogP contribution in [0.3, 0.4) is 0 Å². The molecule has 2 aliphatic heterocycles. The van der Waals surface area contributed by atoms with Gasteiger partial charge in [-0.2, -0.15) is 0 Å². The Labute approximate surface area is 112 Å². The molecule has 7 nitrogen and oxygen atoms in total. The van der Waals surface area contributed by atoms with Gasteiger partial charge in [0.25, 0.3) is 0 Å². The Balaban J connectivity index is 1.82. The normalized spacial score (nSPS) is 26.1. The van der Waals surface area contributed by atoms with Gasteiger partial charge in [-0.15, -0.1) is 0 Å². The van der Waals surface area contributed by atoms with Crippen molar-refractivity contribution in [3.05, 3.63) is 0 Å². The smallest absolute Gasteiger partial charge is 0.311 e. The van der Waals surface area contributed by atoms with Gasteiger partial charge in [-0.05, 0) is 12.8 Å². The third-order valence-corrected chi connectivity index (χ3v) is 5.83. The zero-order valence-electron chi connectivity index (χ0n) is 10.7. The summed E-state index contributed by atoms with van der Waals surface area (Å²) in [6.45, 7) is 2.41. The zero-order chi connectivity index (χ0) is 13.9. The van der Waals surface area contributed by atoms with Crippen LogP contribution in [0.2, 0.25) is 0 Å². The molecule has 0 aromatic heterocycles. The monoisotopic (exact) mass is 289 g/mol. The second kappa shape index (κ2) is 5.87. The topological polar surface area (TPSA) is 95.6 Å². The molecule has 0 radical (unpaired) electrons. The summed E-state index contributed by atoms with van der Waals surface area (Å²) < 4.78 is 23.2. The first kappa shape index (κ1) is 14.3. The fourth-order valence-corrected chi connectivity index (χ4v) is 4.15. The third-order valence-electron chi connectivity index (χ3n) is 3.55. The minimum atomic E-state index is -3.08. The fourth-order valence-electron chi connectivity index (χ4n) is 2.38. The number of rotatable bonds is 2. The van der Waals surface area contributed by atoms with Gasteiger partial charge in [0.15, 0.2) is 9.84 Å². The van der Waals surface area contributed by atoms with Crippen molar-refractivity contribution in [1.82, 2.24) is 15.5 Å². The summed E-state index contributed by atoms with van der Waals surface area (Å²) in [6.07, 6.45) is 1.19. The lowest BCUT2D eigenvalue weighted by molar-refractivity contribution is -0.146. The number of nitrogens with one attached hydrogen (secondary N) is 2. The maximum atomic E-state index is 11.8. The van der Waals surface area contributed by atoms with E-state index in [4.69, 9.17) is 0 Å². The molecule has 1 unspecified atom stereocenters. The van der Waals surface area contributed by atoms with Crippen molar-refractivity contribution in [1.29, 1.82) is 0 Å². The molecule has 108 valence electrons. The zero-order valence-corrected chi connectivity index (χ0v) is 11.5. The van der Waals surface area contributed by atoms with Crippen LogP contribution in [-0.2, 0) is 19.4 Å². The highest BCUT2D eigenvalue weighted by molar-refractivity contribution is 7.92. The van der Waals surface area contributed by atoms with Crippen LogP contribution in [0.1, 0.15) is 12.8 Å². The Kier molecular flexibility index (Phi) is 4.41. The Morgan fingerprint density at radius 3 is 2.53 bits per heavy atom. The van der Waals surface area contributed by atoms with Gasteiger partial charge >= 0.3 is 11.8 Å². The quantitative estimate of drug-likeness (QED) is 0.580. The predicted molar refractivity (Wildman–Crippen MR) is 69.3 cm³/mol. The summed E-state index contributed by atoms with van der Waals surface area (Å²) in [6, 6.07) is 0. The second-order valence-electron chi connectivity index (χ2n) is 4.88. The number of sulfone groups is 1. The van der Waals surface area contributed by atoms with Gasteiger partial charge in [-0.1, -0.05) is 0 Å². The maximum absolute atomic E-state index is 11.8. The number of amides is 2. The van der Waals surface area contributed by atoms with Crippen LogP contribution in [-0.4, -0.2) is 68.9 Å². The number of piperazine rings is 1. The summed E-state index contributed by atoms with van der Waals surface area (Å²) in [5, 5.41) is 5.00. The van der Waals surface area contributed by atoms with Crippen molar-refractivity contribution in [2.75, 3.05) is 38.5 Å². The van der Waals surface area contributed by atoms with Crippen LogP contribution in [0.15, 0.2) is 0 Å². The molecule has 0 aliphatic carbocycles. The molecule has 2 fully saturated rings. The molecule has 2 saturated heterocycles. The molecule has 8 heteroatoms. The van der Waals surface area contributed by atoms with Crippen LogP contribution in [0.4, 0.5) is 0 Å². The molecule has 2 amide bonds. The van der Waals surface area contributed by atoms with Gasteiger partial charge in [0.05, 0.1) is 11.0 Å². The SMILES string of the molecule is O=C(NCC1CCCS1(=O)=O)C(=O)N1CCNCC1. The molecular formula is C11H19N3O4S. The van der Waals surface area contributed by atoms with E-state index in [0.29, 0.717) is 39.0 Å². The number of hydrogen-bond donors (Lipinski definition) is 2. The number of hydrogen-bond acceptors (Lipinski definition) is 5. The van der Waals surface area contributed by atoms with Crippen LogP contribution < -0.4 is 10.6 Å². The largest absolute Gasteiger partial charge is 0.347 e. The van der Waals surface area contributed by atoms with E-state index in [1.54, 1.807) is 0 Å². The van der Waals surface area contributed by atoms with Gasteiger partial charge in [0, 0.05) is 32.7 Å². The first-order valence-corrected chi connectivity index (χ1v) is 8.21. The number of carbonyl (C=O) groups is 2. The van der Waals surface area contributed by atoms with Crippen molar-refractivity contribution in [3.63, 3.8) is 0 Å². The van der Waals surface area contributed by atoms with Crippen molar-refractivity contribution in [3.8, 4) is 0 Å². The highest BCUT2D eigenvalue weighted by atomic mass is 32.2. The molecule has 2 aliphatic rings. The average molecular weight is 289 g/mol. The summed E-state index contributed by atoms with van der Waals surface area (Å²) in [5.41, 5.74) is 0. The highest BCUT2D eigenvalue weighted by Crippen LogP contribution is 2.18. The van der Waals surface area contributed by atoms with Gasteiger partial charge in [-0.3, -0.25) is 9.59 Å². The Morgan fingerprint density at radius 2 is 1.95 bits per heavy atom. The van der Waals surface area contributed by atoms with Crippen molar-refractivity contribution < 1.29 is 18.0 Å². The average Bonchev–Trinajstić information content (AvgIpc) is 2.75. The maximum Gasteiger partial charge on any atom is 0.311 e. The summed E-state index contributed by atoms with van der Waals surface area (Å²) >= 11 is 0. The van der Waals surface area contributed by atoms with Crippen LogP contribution in [0.5, 0.6) is 0 Å². The van der Waals surface area contributed by atoms with E-state index in [0.717, 1.165) is 0 Å². The third kappa shape index (κ3) is 3.44. The van der Waals surface area contributed by atoms with E-state index in [9.17, 15) is 18.0 Å². The lowest BCUT2D eigenvalue weighted by Crippen LogP contribution is -2.52. The Bertz CT molecular complexity index is 457. The van der Waals surface area contributed by atoms with Crippen LogP contribution in [0.25, 0.3) is 0 Å². The molecule has 2 N–H and O–H groups in total. The van der Waals surface area contributed by atoms with Crippen LogP contribution >= 0.6 is 0 Å². The first-order chi connectivity index (χ1) is 9.00. The summed E-state index contributed by atoms with van der Waals surface area (Å²) in [4.78, 5) is 25.0. The molecule has 1 atom stereocenters. The van der Waals surface area contributed by atoms with Gasteiger partial charge in [0.1, 0.15) is 0 Å². The van der Waals surface area contributed by atoms with E-state index in [2.05, 4.69) is 10.6 Å². The lowest BCUT2D eigenvalue weighted by atomic mass is 10.2. The predicted octanol–water partition coefficient (Wildman–Crippen LogP) is -1.89. The molecule has 0 spiro atoms. The lowest BCUT2D eigenvalue weighted by Gasteiger charge is -2.26. The van der Waals surface area contributed by atoms with Gasteiger partial charge in [0.2, 0.25) is 0 Å². The molecule has 0 bridgehead atoms. The Hall–Kier alpha value is -1.15. The van der Waals surface area contributed by atoms with E-state index < -0.39 is 26.9 Å². The molecule has 2 heterocycles. The molecule has 0 aromatic carbocycles. The summed E-state index contributed by atoms with van der Waals surface area (Å²) in [7, 11) is -3.08. The first-order valence-electron chi connectivity index (χ1n) is 6.50.